The van der Waals surface area contributed by atoms with E-state index in [-0.39, 0.29) is 17.3 Å². The first-order valence-electron chi connectivity index (χ1n) is 9.15. The number of allylic oxidation sites excluding steroid dienone is 1. The zero-order valence-electron chi connectivity index (χ0n) is 16.0. The maximum absolute atomic E-state index is 12.8. The highest BCUT2D eigenvalue weighted by atomic mass is 16.5. The minimum Gasteiger partial charge on any atom is -0.507 e. The number of ether oxygens (including phenoxy) is 2. The fourth-order valence-corrected chi connectivity index (χ4v) is 3.15. The van der Waals surface area contributed by atoms with Crippen molar-refractivity contribution in [2.75, 3.05) is 20.7 Å². The second-order valence-corrected chi connectivity index (χ2v) is 6.71. The molecule has 0 fully saturated rings. The molecule has 1 heterocycles. The molecule has 5 nitrogen and oxygen atoms in total. The molecule has 0 saturated heterocycles. The fourth-order valence-electron chi connectivity index (χ4n) is 3.15. The number of methoxy groups -OCH3 is 1. The maximum Gasteiger partial charge on any atom is 0.231 e. The van der Waals surface area contributed by atoms with Gasteiger partial charge in [-0.2, -0.15) is 0 Å². The molecule has 142 valence electrons. The Hall–Kier alpha value is -2.79. The molecule has 0 radical (unpaired) electrons. The van der Waals surface area contributed by atoms with Crippen LogP contribution in [-0.4, -0.2) is 36.5 Å². The largest absolute Gasteiger partial charge is 0.507 e. The summed E-state index contributed by atoms with van der Waals surface area (Å²) < 4.78 is 11.3. The molecule has 0 unspecified atom stereocenters. The van der Waals surface area contributed by atoms with Gasteiger partial charge in [0.05, 0.1) is 18.2 Å². The molecule has 3 rings (SSSR count). The van der Waals surface area contributed by atoms with Crippen molar-refractivity contribution in [3.63, 3.8) is 0 Å². The van der Waals surface area contributed by atoms with Crippen molar-refractivity contribution < 1.29 is 19.4 Å². The van der Waals surface area contributed by atoms with Gasteiger partial charge in [0.1, 0.15) is 17.2 Å². The molecule has 0 bridgehead atoms. The van der Waals surface area contributed by atoms with Gasteiger partial charge in [0.2, 0.25) is 5.78 Å². The molecule has 0 amide bonds. The number of nitrogens with zero attached hydrogens (tertiary/aromatic N) is 1. The average Bonchev–Trinajstić information content (AvgIpc) is 2.99. The van der Waals surface area contributed by atoms with E-state index < -0.39 is 0 Å². The van der Waals surface area contributed by atoms with Gasteiger partial charge in [-0.1, -0.05) is 31.5 Å². The summed E-state index contributed by atoms with van der Waals surface area (Å²) >= 11 is 0. The number of phenols is 1. The molecule has 0 aliphatic carbocycles. The normalized spacial score (nSPS) is 14.5. The molecular formula is C22H25NO4. The Morgan fingerprint density at radius 3 is 2.74 bits per heavy atom. The predicted octanol–water partition coefficient (Wildman–Crippen LogP) is 4.25. The molecule has 5 heteroatoms. The fraction of sp³-hybridized carbons (Fsp3) is 0.318. The summed E-state index contributed by atoms with van der Waals surface area (Å²) in [7, 11) is 3.59. The first kappa shape index (κ1) is 19.0. The summed E-state index contributed by atoms with van der Waals surface area (Å²) in [4.78, 5) is 14.9. The van der Waals surface area contributed by atoms with Gasteiger partial charge in [0.15, 0.2) is 5.76 Å². The van der Waals surface area contributed by atoms with E-state index in [1.165, 1.54) is 0 Å². The average molecular weight is 367 g/mol. The van der Waals surface area contributed by atoms with E-state index >= 15 is 0 Å². The van der Waals surface area contributed by atoms with E-state index in [1.54, 1.807) is 25.3 Å². The summed E-state index contributed by atoms with van der Waals surface area (Å²) in [6.07, 6.45) is 3.86. The second kappa shape index (κ2) is 8.27. The monoisotopic (exact) mass is 367 g/mol. The molecule has 2 aromatic carbocycles. The highest BCUT2D eigenvalue weighted by Crippen LogP contribution is 2.40. The molecule has 2 aromatic rings. The second-order valence-electron chi connectivity index (χ2n) is 6.71. The number of carbonyl (C=O) groups is 1. The molecule has 1 aliphatic heterocycles. The number of phenolic OH excluding ortho intramolecular Hbond substituents is 1. The molecule has 0 saturated carbocycles. The number of rotatable bonds is 7. The Kier molecular flexibility index (Phi) is 5.81. The van der Waals surface area contributed by atoms with Crippen LogP contribution in [0.3, 0.4) is 0 Å². The van der Waals surface area contributed by atoms with Crippen molar-refractivity contribution in [2.45, 2.75) is 26.3 Å². The van der Waals surface area contributed by atoms with Crippen molar-refractivity contribution in [3.8, 4) is 17.2 Å². The lowest BCUT2D eigenvalue weighted by Gasteiger charge is -2.18. The third kappa shape index (κ3) is 3.98. The standard InChI is InChI=1S/C22H25NO4/c1-4-5-12-23(2)14-17-18(24)11-10-16-21(25)20(27-22(16)17)13-15-8-6-7-9-19(15)26-3/h6-11,13,24H,4-5,12,14H2,1-3H3. The molecule has 0 spiro atoms. The van der Waals surface area contributed by atoms with Crippen LogP contribution in [0.5, 0.6) is 17.2 Å². The highest BCUT2D eigenvalue weighted by Gasteiger charge is 2.31. The number of Topliss-reactive ketones (excluding diaryl/α,β-unsaturated/α-hetero) is 1. The summed E-state index contributed by atoms with van der Waals surface area (Å²) in [5, 5.41) is 10.3. The van der Waals surface area contributed by atoms with Gasteiger partial charge < -0.3 is 19.5 Å². The Bertz CT molecular complexity index is 873. The quantitative estimate of drug-likeness (QED) is 0.742. The minimum atomic E-state index is -0.187. The number of hydrogen-bond donors (Lipinski definition) is 1. The minimum absolute atomic E-state index is 0.142. The lowest BCUT2D eigenvalue weighted by molar-refractivity contribution is 0.101. The molecule has 1 aliphatic rings. The highest BCUT2D eigenvalue weighted by molar-refractivity contribution is 6.15. The predicted molar refractivity (Wildman–Crippen MR) is 105 cm³/mol. The van der Waals surface area contributed by atoms with Crippen LogP contribution >= 0.6 is 0 Å². The molecule has 0 atom stereocenters. The van der Waals surface area contributed by atoms with Crippen molar-refractivity contribution in [1.82, 2.24) is 4.90 Å². The van der Waals surface area contributed by atoms with Crippen LogP contribution in [0.4, 0.5) is 0 Å². The number of fused-ring (bicyclic) bond motifs is 1. The molecule has 0 aromatic heterocycles. The van der Waals surface area contributed by atoms with Crippen molar-refractivity contribution >= 4 is 11.9 Å². The van der Waals surface area contributed by atoms with Crippen molar-refractivity contribution in [3.05, 3.63) is 58.8 Å². The number of para-hydroxylation sites is 1. The zero-order valence-corrected chi connectivity index (χ0v) is 16.0. The van der Waals surface area contributed by atoms with E-state index in [0.717, 1.165) is 24.9 Å². The Morgan fingerprint density at radius 2 is 2.00 bits per heavy atom. The van der Waals surface area contributed by atoms with E-state index in [4.69, 9.17) is 9.47 Å². The van der Waals surface area contributed by atoms with Gasteiger partial charge in [-0.25, -0.2) is 0 Å². The van der Waals surface area contributed by atoms with Crippen LogP contribution < -0.4 is 9.47 Å². The summed E-state index contributed by atoms with van der Waals surface area (Å²) in [5.41, 5.74) is 1.89. The Labute approximate surface area is 159 Å². The van der Waals surface area contributed by atoms with E-state index in [2.05, 4.69) is 11.8 Å². The van der Waals surface area contributed by atoms with Crippen LogP contribution in [0, 0.1) is 0 Å². The van der Waals surface area contributed by atoms with E-state index in [0.29, 0.717) is 29.2 Å². The summed E-state index contributed by atoms with van der Waals surface area (Å²) in [5.74, 6) is 1.30. The van der Waals surface area contributed by atoms with Gasteiger partial charge in [0.25, 0.3) is 0 Å². The zero-order chi connectivity index (χ0) is 19.4. The summed E-state index contributed by atoms with van der Waals surface area (Å²) in [6, 6.07) is 10.6. The van der Waals surface area contributed by atoms with E-state index in [1.807, 2.05) is 31.3 Å². The molecule has 1 N–H and O–H groups in total. The third-order valence-electron chi connectivity index (χ3n) is 4.66. The van der Waals surface area contributed by atoms with Gasteiger partial charge >= 0.3 is 0 Å². The van der Waals surface area contributed by atoms with E-state index in [9.17, 15) is 9.90 Å². The number of carbonyl (C=O) groups excluding carboxylic acids is 1. The lowest BCUT2D eigenvalue weighted by Crippen LogP contribution is -2.19. The smallest absolute Gasteiger partial charge is 0.231 e. The lowest BCUT2D eigenvalue weighted by atomic mass is 10.0. The van der Waals surface area contributed by atoms with Gasteiger partial charge in [0, 0.05) is 12.1 Å². The van der Waals surface area contributed by atoms with Crippen LogP contribution in [0.25, 0.3) is 6.08 Å². The number of hydrogen-bond acceptors (Lipinski definition) is 5. The van der Waals surface area contributed by atoms with Crippen molar-refractivity contribution in [1.29, 1.82) is 0 Å². The van der Waals surface area contributed by atoms with Crippen LogP contribution in [-0.2, 0) is 6.54 Å². The van der Waals surface area contributed by atoms with Gasteiger partial charge in [-0.15, -0.1) is 0 Å². The number of unbranched alkanes of at least 4 members (excludes halogenated alkanes) is 1. The molecular weight excluding hydrogens is 342 g/mol. The van der Waals surface area contributed by atoms with Gasteiger partial charge in [-0.05, 0) is 44.3 Å². The summed E-state index contributed by atoms with van der Waals surface area (Å²) in [6.45, 7) is 3.57. The first-order chi connectivity index (χ1) is 13.0. The van der Waals surface area contributed by atoms with Gasteiger partial charge in [-0.3, -0.25) is 4.79 Å². The van der Waals surface area contributed by atoms with Crippen molar-refractivity contribution in [2.24, 2.45) is 0 Å². The number of benzene rings is 2. The SMILES string of the molecule is CCCCN(C)Cc1c(O)ccc2c1OC(=Cc1ccccc1OC)C2=O. The third-order valence-corrected chi connectivity index (χ3v) is 4.66. The first-order valence-corrected chi connectivity index (χ1v) is 9.15. The van der Waals surface area contributed by atoms with Crippen LogP contribution in [0.15, 0.2) is 42.2 Å². The topological polar surface area (TPSA) is 59.0 Å². The molecule has 27 heavy (non-hydrogen) atoms. The van der Waals surface area contributed by atoms with Crippen LogP contribution in [0.1, 0.15) is 41.3 Å². The number of ketones is 1. The Balaban J connectivity index is 1.92. The maximum atomic E-state index is 12.8. The Morgan fingerprint density at radius 1 is 1.22 bits per heavy atom. The van der Waals surface area contributed by atoms with Crippen LogP contribution in [0.2, 0.25) is 0 Å². The number of aromatic hydroxyl groups is 1.